The van der Waals surface area contributed by atoms with Crippen LogP contribution in [0.2, 0.25) is 0 Å². The fourth-order valence-corrected chi connectivity index (χ4v) is 3.50. The molecule has 0 aliphatic carbocycles. The first kappa shape index (κ1) is 17.4. The number of carboxylic acids is 1. The second-order valence-electron chi connectivity index (χ2n) is 6.89. The number of aromatic nitrogens is 2. The van der Waals surface area contributed by atoms with Crippen LogP contribution in [0.4, 0.5) is 5.95 Å². The van der Waals surface area contributed by atoms with Gasteiger partial charge in [0.05, 0.1) is 5.92 Å². The molecule has 1 aliphatic rings. The first-order valence-corrected chi connectivity index (χ1v) is 8.44. The van der Waals surface area contributed by atoms with Gasteiger partial charge in [-0.3, -0.25) is 9.69 Å². The second kappa shape index (κ2) is 7.19. The van der Waals surface area contributed by atoms with E-state index in [-0.39, 0.29) is 11.8 Å². The number of likely N-dealkylation sites (tertiary alicyclic amines) is 1. The van der Waals surface area contributed by atoms with E-state index in [4.69, 9.17) is 0 Å². The van der Waals surface area contributed by atoms with Gasteiger partial charge in [-0.2, -0.15) is 0 Å². The molecule has 0 amide bonds. The molecule has 6 nitrogen and oxygen atoms in total. The summed E-state index contributed by atoms with van der Waals surface area (Å²) < 4.78 is 0. The Morgan fingerprint density at radius 1 is 1.24 bits per heavy atom. The summed E-state index contributed by atoms with van der Waals surface area (Å²) in [5.74, 6) is -0.426. The predicted octanol–water partition coefficient (Wildman–Crippen LogP) is 2.15. The Morgan fingerprint density at radius 2 is 1.92 bits per heavy atom. The van der Waals surface area contributed by atoms with Crippen LogP contribution in [-0.4, -0.2) is 53.1 Å². The molecule has 132 valence electrons. The SMILES string of the molecule is Cc1ccccc1[C@@H]1CN(Cc2cnc(N(C)C)nc2)C[C@H]1C(=O)O. The average Bonchev–Trinajstić information content (AvgIpc) is 2.99. The molecule has 1 aromatic carbocycles. The first-order valence-electron chi connectivity index (χ1n) is 8.44. The van der Waals surface area contributed by atoms with Crippen LogP contribution < -0.4 is 4.90 Å². The summed E-state index contributed by atoms with van der Waals surface area (Å²) in [6, 6.07) is 8.07. The minimum atomic E-state index is -0.727. The number of carboxylic acid groups (broad SMARTS) is 1. The first-order chi connectivity index (χ1) is 12.0. The Bertz CT molecular complexity index is 745. The zero-order chi connectivity index (χ0) is 18.0. The van der Waals surface area contributed by atoms with Crippen LogP contribution in [0.15, 0.2) is 36.7 Å². The highest BCUT2D eigenvalue weighted by Crippen LogP contribution is 2.35. The molecular formula is C19H24N4O2. The molecule has 25 heavy (non-hydrogen) atoms. The molecule has 1 aromatic heterocycles. The zero-order valence-electron chi connectivity index (χ0n) is 14.9. The predicted molar refractivity (Wildman–Crippen MR) is 96.7 cm³/mol. The maximum absolute atomic E-state index is 11.8. The Morgan fingerprint density at radius 3 is 2.52 bits per heavy atom. The molecule has 2 aromatic rings. The quantitative estimate of drug-likeness (QED) is 0.899. The van der Waals surface area contributed by atoms with Crippen molar-refractivity contribution in [2.24, 2.45) is 5.92 Å². The Kier molecular flexibility index (Phi) is 4.99. The van der Waals surface area contributed by atoms with Gasteiger partial charge in [-0.25, -0.2) is 9.97 Å². The molecule has 2 atom stereocenters. The maximum Gasteiger partial charge on any atom is 0.308 e. The Labute approximate surface area is 148 Å². The topological polar surface area (TPSA) is 69.6 Å². The number of carbonyl (C=O) groups is 1. The maximum atomic E-state index is 11.8. The lowest BCUT2D eigenvalue weighted by molar-refractivity contribution is -0.141. The summed E-state index contributed by atoms with van der Waals surface area (Å²) >= 11 is 0. The summed E-state index contributed by atoms with van der Waals surface area (Å²) in [7, 11) is 3.81. The van der Waals surface area contributed by atoms with Crippen LogP contribution in [0.25, 0.3) is 0 Å². The molecule has 6 heteroatoms. The van der Waals surface area contributed by atoms with Crippen molar-refractivity contribution in [1.82, 2.24) is 14.9 Å². The van der Waals surface area contributed by atoms with E-state index in [2.05, 4.69) is 20.9 Å². The van der Waals surface area contributed by atoms with Gasteiger partial charge in [0.2, 0.25) is 5.95 Å². The van der Waals surface area contributed by atoms with Crippen LogP contribution in [0.5, 0.6) is 0 Å². The molecule has 1 saturated heterocycles. The zero-order valence-corrected chi connectivity index (χ0v) is 14.9. The third kappa shape index (κ3) is 3.79. The van der Waals surface area contributed by atoms with Gasteiger partial charge >= 0.3 is 5.97 Å². The lowest BCUT2D eigenvalue weighted by atomic mass is 9.86. The van der Waals surface area contributed by atoms with Gasteiger partial charge in [0.25, 0.3) is 0 Å². The number of nitrogens with zero attached hydrogens (tertiary/aromatic N) is 4. The number of rotatable bonds is 5. The number of aliphatic carboxylic acids is 1. The molecule has 3 rings (SSSR count). The molecule has 1 fully saturated rings. The van der Waals surface area contributed by atoms with E-state index in [1.54, 1.807) is 0 Å². The normalized spacial score (nSPS) is 20.6. The van der Waals surface area contributed by atoms with Crippen molar-refractivity contribution >= 4 is 11.9 Å². The summed E-state index contributed by atoms with van der Waals surface area (Å²) in [5.41, 5.74) is 3.29. The van der Waals surface area contributed by atoms with Crippen LogP contribution >= 0.6 is 0 Å². The van der Waals surface area contributed by atoms with Crippen LogP contribution in [0.3, 0.4) is 0 Å². The van der Waals surface area contributed by atoms with Gasteiger partial charge in [-0.05, 0) is 18.1 Å². The van der Waals surface area contributed by atoms with Gasteiger partial charge in [-0.15, -0.1) is 0 Å². The fraction of sp³-hybridized carbons (Fsp3) is 0.421. The Hall–Kier alpha value is -2.47. The van der Waals surface area contributed by atoms with E-state index >= 15 is 0 Å². The smallest absolute Gasteiger partial charge is 0.308 e. The van der Waals surface area contributed by atoms with Gasteiger partial charge in [0, 0.05) is 57.6 Å². The molecule has 0 spiro atoms. The van der Waals surface area contributed by atoms with Crippen LogP contribution in [0.1, 0.15) is 22.6 Å². The molecule has 0 saturated carbocycles. The third-order valence-corrected chi connectivity index (χ3v) is 4.80. The van der Waals surface area contributed by atoms with Gasteiger partial charge in [0.1, 0.15) is 0 Å². The Balaban J connectivity index is 1.76. The summed E-state index contributed by atoms with van der Waals surface area (Å²) in [5, 5.41) is 9.66. The molecule has 0 bridgehead atoms. The van der Waals surface area contributed by atoms with Crippen molar-refractivity contribution in [2.45, 2.75) is 19.4 Å². The molecule has 1 N–H and O–H groups in total. The molecular weight excluding hydrogens is 316 g/mol. The van der Waals surface area contributed by atoms with E-state index in [1.165, 1.54) is 0 Å². The second-order valence-corrected chi connectivity index (χ2v) is 6.89. The van der Waals surface area contributed by atoms with Gasteiger partial charge in [-0.1, -0.05) is 24.3 Å². The highest BCUT2D eigenvalue weighted by molar-refractivity contribution is 5.72. The standard InChI is InChI=1S/C19H24N4O2/c1-13-6-4-5-7-15(13)16-11-23(12-17(16)18(24)25)10-14-8-20-19(21-9-14)22(2)3/h4-9,16-17H,10-12H2,1-3H3,(H,24,25)/t16-,17+/m0/s1. The van der Waals surface area contributed by atoms with Crippen molar-refractivity contribution in [3.8, 4) is 0 Å². The van der Waals surface area contributed by atoms with Gasteiger partial charge < -0.3 is 10.0 Å². The summed E-state index contributed by atoms with van der Waals surface area (Å²) in [4.78, 5) is 24.5. The van der Waals surface area contributed by atoms with Crippen molar-refractivity contribution in [3.05, 3.63) is 53.3 Å². The number of benzene rings is 1. The number of hydrogen-bond acceptors (Lipinski definition) is 5. The van der Waals surface area contributed by atoms with E-state index in [9.17, 15) is 9.90 Å². The fourth-order valence-electron chi connectivity index (χ4n) is 3.50. The highest BCUT2D eigenvalue weighted by Gasteiger charge is 2.38. The van der Waals surface area contributed by atoms with Crippen molar-refractivity contribution in [2.75, 3.05) is 32.1 Å². The average molecular weight is 340 g/mol. The van der Waals surface area contributed by atoms with E-state index in [1.807, 2.05) is 56.5 Å². The lowest BCUT2D eigenvalue weighted by Gasteiger charge is -2.18. The van der Waals surface area contributed by atoms with Crippen molar-refractivity contribution < 1.29 is 9.90 Å². The number of aryl methyl sites for hydroxylation is 1. The molecule has 0 unspecified atom stereocenters. The number of anilines is 1. The lowest BCUT2D eigenvalue weighted by Crippen LogP contribution is -2.23. The summed E-state index contributed by atoms with van der Waals surface area (Å²) in [6.45, 7) is 3.99. The van der Waals surface area contributed by atoms with Gasteiger partial charge in [0.15, 0.2) is 0 Å². The minimum absolute atomic E-state index is 0.0145. The highest BCUT2D eigenvalue weighted by atomic mass is 16.4. The van der Waals surface area contributed by atoms with E-state index in [0.717, 1.165) is 23.2 Å². The van der Waals surface area contributed by atoms with Crippen molar-refractivity contribution in [1.29, 1.82) is 0 Å². The molecule has 1 aliphatic heterocycles. The van der Waals surface area contributed by atoms with Crippen LogP contribution in [-0.2, 0) is 11.3 Å². The summed E-state index contributed by atoms with van der Waals surface area (Å²) in [6.07, 6.45) is 3.64. The van der Waals surface area contributed by atoms with Crippen molar-refractivity contribution in [3.63, 3.8) is 0 Å². The monoisotopic (exact) mass is 340 g/mol. The van der Waals surface area contributed by atoms with Crippen LogP contribution in [0, 0.1) is 12.8 Å². The minimum Gasteiger partial charge on any atom is -0.481 e. The molecule has 2 heterocycles. The third-order valence-electron chi connectivity index (χ3n) is 4.80. The van der Waals surface area contributed by atoms with E-state index in [0.29, 0.717) is 19.0 Å². The number of hydrogen-bond donors (Lipinski definition) is 1. The largest absolute Gasteiger partial charge is 0.481 e. The molecule has 0 radical (unpaired) electrons. The van der Waals surface area contributed by atoms with E-state index < -0.39 is 5.97 Å².